The standard InChI is InChI=1S/C27H37BrO5/c1-7-8-23(32)33-27(17(4)29)16(3)12-20-21-11-15(2)19-13-18(30)9-10-24(19,5)26(21,28)22(31)14-25(20,27)6/h9-10,13,15-16,20-22,31H,7-8,11-12,14H2,1-6H3/t15-,16-,20-,21-,22-,24-,25-,26-,27-/m0/s1. The molecule has 0 aromatic carbocycles. The monoisotopic (exact) mass is 520 g/mol. The van der Waals surface area contributed by atoms with Crippen molar-refractivity contribution in [1.29, 1.82) is 0 Å². The lowest BCUT2D eigenvalue weighted by molar-refractivity contribution is -0.200. The van der Waals surface area contributed by atoms with E-state index in [0.29, 0.717) is 12.8 Å². The molecule has 9 atom stereocenters. The van der Waals surface area contributed by atoms with Crippen molar-refractivity contribution in [3.63, 3.8) is 0 Å². The molecule has 0 unspecified atom stereocenters. The van der Waals surface area contributed by atoms with Crippen LogP contribution in [0.5, 0.6) is 0 Å². The van der Waals surface area contributed by atoms with E-state index in [1.165, 1.54) is 6.92 Å². The molecule has 4 aliphatic rings. The van der Waals surface area contributed by atoms with Gasteiger partial charge in [-0.25, -0.2) is 0 Å². The first kappa shape index (κ1) is 24.8. The van der Waals surface area contributed by atoms with Gasteiger partial charge in [-0.1, -0.05) is 62.2 Å². The molecule has 0 amide bonds. The van der Waals surface area contributed by atoms with Crippen molar-refractivity contribution in [2.24, 2.45) is 34.5 Å². The van der Waals surface area contributed by atoms with Crippen molar-refractivity contribution in [3.05, 3.63) is 23.8 Å². The first-order valence-electron chi connectivity index (χ1n) is 12.3. The third-order valence-corrected chi connectivity index (χ3v) is 11.7. The minimum atomic E-state index is -1.24. The fourth-order valence-corrected chi connectivity index (χ4v) is 9.42. The van der Waals surface area contributed by atoms with Crippen LogP contribution in [0.25, 0.3) is 0 Å². The highest BCUT2D eigenvalue weighted by atomic mass is 79.9. The molecule has 3 saturated carbocycles. The molecule has 4 rings (SSSR count). The Morgan fingerprint density at radius 2 is 1.88 bits per heavy atom. The summed E-state index contributed by atoms with van der Waals surface area (Å²) in [5.41, 5.74) is -1.37. The van der Waals surface area contributed by atoms with Gasteiger partial charge in [-0.2, -0.15) is 0 Å². The van der Waals surface area contributed by atoms with Gasteiger partial charge in [-0.3, -0.25) is 14.4 Å². The van der Waals surface area contributed by atoms with Gasteiger partial charge in [-0.05, 0) is 62.5 Å². The van der Waals surface area contributed by atoms with E-state index >= 15 is 0 Å². The Kier molecular flexibility index (Phi) is 5.93. The van der Waals surface area contributed by atoms with Crippen LogP contribution in [0.4, 0.5) is 0 Å². The van der Waals surface area contributed by atoms with Crippen molar-refractivity contribution in [2.45, 2.75) is 89.7 Å². The zero-order valence-electron chi connectivity index (χ0n) is 20.6. The minimum Gasteiger partial charge on any atom is -0.450 e. The summed E-state index contributed by atoms with van der Waals surface area (Å²) < 4.78 is 5.47. The lowest BCUT2D eigenvalue weighted by Crippen LogP contribution is -2.69. The van der Waals surface area contributed by atoms with Crippen LogP contribution in [0.1, 0.15) is 73.6 Å². The Labute approximate surface area is 205 Å². The summed E-state index contributed by atoms with van der Waals surface area (Å²) in [5, 5.41) is 11.8. The number of carbonyl (C=O) groups excluding carboxylic acids is 3. The molecule has 0 spiro atoms. The molecule has 4 aliphatic carbocycles. The molecule has 0 saturated heterocycles. The molecule has 3 fully saturated rings. The fourth-order valence-electron chi connectivity index (χ4n) is 8.39. The molecule has 0 bridgehead atoms. The lowest BCUT2D eigenvalue weighted by atomic mass is 9.44. The van der Waals surface area contributed by atoms with Gasteiger partial charge in [0, 0.05) is 23.2 Å². The third-order valence-electron chi connectivity index (χ3n) is 9.76. The average Bonchev–Trinajstić information content (AvgIpc) is 2.94. The lowest BCUT2D eigenvalue weighted by Gasteiger charge is -2.65. The van der Waals surface area contributed by atoms with E-state index in [4.69, 9.17) is 4.74 Å². The highest BCUT2D eigenvalue weighted by Crippen LogP contribution is 2.73. The first-order chi connectivity index (χ1) is 15.3. The second kappa shape index (κ2) is 7.87. The summed E-state index contributed by atoms with van der Waals surface area (Å²) in [4.78, 5) is 38.2. The van der Waals surface area contributed by atoms with Gasteiger partial charge in [0.25, 0.3) is 0 Å². The molecule has 6 heteroatoms. The predicted octanol–water partition coefficient (Wildman–Crippen LogP) is 4.95. The predicted molar refractivity (Wildman–Crippen MR) is 130 cm³/mol. The third kappa shape index (κ3) is 3.01. The molecule has 0 aliphatic heterocycles. The number of halogens is 1. The molecule has 0 heterocycles. The Balaban J connectivity index is 1.85. The summed E-state index contributed by atoms with van der Waals surface area (Å²) in [6, 6.07) is 0. The average molecular weight is 521 g/mol. The van der Waals surface area contributed by atoms with Crippen LogP contribution in [-0.2, 0) is 19.1 Å². The second-order valence-corrected chi connectivity index (χ2v) is 12.8. The van der Waals surface area contributed by atoms with Gasteiger partial charge in [0.15, 0.2) is 17.2 Å². The molecule has 1 N–H and O–H groups in total. The number of aliphatic hydroxyl groups excluding tert-OH is 1. The Bertz CT molecular complexity index is 954. The van der Waals surface area contributed by atoms with Gasteiger partial charge in [0.1, 0.15) is 0 Å². The quantitative estimate of drug-likeness (QED) is 0.419. The number of alkyl halides is 1. The van der Waals surface area contributed by atoms with Gasteiger partial charge in [0.05, 0.1) is 10.4 Å². The normalized spacial score (nSPS) is 48.4. The summed E-state index contributed by atoms with van der Waals surface area (Å²) in [6.07, 6.45) is 7.38. The van der Waals surface area contributed by atoms with Crippen LogP contribution in [0.2, 0.25) is 0 Å². The van der Waals surface area contributed by atoms with E-state index in [0.717, 1.165) is 18.4 Å². The summed E-state index contributed by atoms with van der Waals surface area (Å²) in [6.45, 7) is 11.8. The van der Waals surface area contributed by atoms with E-state index in [9.17, 15) is 19.5 Å². The van der Waals surface area contributed by atoms with Crippen LogP contribution in [-0.4, -0.2) is 38.7 Å². The van der Waals surface area contributed by atoms with Crippen LogP contribution in [0.15, 0.2) is 23.8 Å². The Hall–Kier alpha value is -1.27. The van der Waals surface area contributed by atoms with Crippen molar-refractivity contribution < 1.29 is 24.2 Å². The summed E-state index contributed by atoms with van der Waals surface area (Å²) in [5.74, 6) is -0.315. The number of carbonyl (C=O) groups is 3. The topological polar surface area (TPSA) is 80.7 Å². The molecule has 0 aromatic rings. The smallest absolute Gasteiger partial charge is 0.306 e. The van der Waals surface area contributed by atoms with E-state index in [1.807, 2.05) is 19.9 Å². The number of allylic oxidation sites excluding steroid dienone is 4. The number of hydrogen-bond acceptors (Lipinski definition) is 5. The number of ketones is 2. The van der Waals surface area contributed by atoms with Crippen LogP contribution in [0, 0.1) is 34.5 Å². The number of Topliss-reactive ketones (excluding diaryl/α,β-unsaturated/α-hetero) is 1. The van der Waals surface area contributed by atoms with Crippen LogP contribution < -0.4 is 0 Å². The van der Waals surface area contributed by atoms with Gasteiger partial charge < -0.3 is 9.84 Å². The maximum atomic E-state index is 13.3. The van der Waals surface area contributed by atoms with E-state index in [2.05, 4.69) is 36.7 Å². The largest absolute Gasteiger partial charge is 0.450 e. The van der Waals surface area contributed by atoms with E-state index in [1.54, 1.807) is 12.2 Å². The van der Waals surface area contributed by atoms with Gasteiger partial charge in [-0.15, -0.1) is 0 Å². The molecule has 0 radical (unpaired) electrons. The molecular formula is C27H37BrO5. The van der Waals surface area contributed by atoms with Crippen molar-refractivity contribution in [2.75, 3.05) is 0 Å². The number of hydrogen-bond donors (Lipinski definition) is 1. The zero-order valence-corrected chi connectivity index (χ0v) is 22.2. The number of fused-ring (bicyclic) bond motifs is 5. The zero-order chi connectivity index (χ0) is 24.6. The molecule has 0 aromatic heterocycles. The SMILES string of the molecule is CCCC(=O)O[C@]1(C(C)=O)[C@@H](C)C[C@H]2[C@@H]3C[C@H](C)C4=CC(=O)C=C[C@]4(C)[C@@]3(Br)[C@@H](O)C[C@@]21C. The molecule has 5 nitrogen and oxygen atoms in total. The second-order valence-electron chi connectivity index (χ2n) is 11.4. The van der Waals surface area contributed by atoms with Gasteiger partial charge in [0.2, 0.25) is 0 Å². The number of ether oxygens (including phenoxy) is 1. The highest BCUT2D eigenvalue weighted by Gasteiger charge is 2.76. The highest BCUT2D eigenvalue weighted by molar-refractivity contribution is 9.10. The number of rotatable bonds is 4. The Morgan fingerprint density at radius 1 is 1.21 bits per heavy atom. The van der Waals surface area contributed by atoms with E-state index in [-0.39, 0.29) is 47.6 Å². The minimum absolute atomic E-state index is 0.00747. The molecule has 33 heavy (non-hydrogen) atoms. The Morgan fingerprint density at radius 3 is 2.48 bits per heavy atom. The van der Waals surface area contributed by atoms with Crippen LogP contribution >= 0.6 is 15.9 Å². The summed E-state index contributed by atoms with van der Waals surface area (Å²) >= 11 is 4.07. The summed E-state index contributed by atoms with van der Waals surface area (Å²) in [7, 11) is 0. The maximum Gasteiger partial charge on any atom is 0.306 e. The van der Waals surface area contributed by atoms with Crippen molar-refractivity contribution >= 4 is 33.5 Å². The van der Waals surface area contributed by atoms with Crippen molar-refractivity contribution in [3.8, 4) is 0 Å². The van der Waals surface area contributed by atoms with Gasteiger partial charge >= 0.3 is 5.97 Å². The molecular weight excluding hydrogens is 484 g/mol. The van der Waals surface area contributed by atoms with Crippen LogP contribution in [0.3, 0.4) is 0 Å². The fraction of sp³-hybridized carbons (Fsp3) is 0.741. The number of esters is 1. The van der Waals surface area contributed by atoms with E-state index < -0.39 is 26.9 Å². The molecule has 182 valence electrons. The maximum absolute atomic E-state index is 13.3. The first-order valence-corrected chi connectivity index (χ1v) is 13.1. The van der Waals surface area contributed by atoms with Crippen molar-refractivity contribution in [1.82, 2.24) is 0 Å². The number of aliphatic hydroxyl groups is 1.